The summed E-state index contributed by atoms with van der Waals surface area (Å²) in [6.07, 6.45) is 17.4. The molecule has 0 aromatic carbocycles. The van der Waals surface area contributed by atoms with E-state index in [9.17, 15) is 0 Å². The van der Waals surface area contributed by atoms with Gasteiger partial charge in [0, 0.05) is 0 Å². The second-order valence-electron chi connectivity index (χ2n) is 5.20. The molecule has 0 spiro atoms. The van der Waals surface area contributed by atoms with Gasteiger partial charge in [-0.1, -0.05) is 64.2 Å². The van der Waals surface area contributed by atoms with Crippen molar-refractivity contribution in [3.05, 3.63) is 0 Å². The first-order valence-electron chi connectivity index (χ1n) is 7.13. The highest BCUT2D eigenvalue weighted by molar-refractivity contribution is 4.62. The highest BCUT2D eigenvalue weighted by atomic mass is 14.5. The first kappa shape index (κ1) is 13.0. The summed E-state index contributed by atoms with van der Waals surface area (Å²) in [5, 5.41) is 0. The Labute approximate surface area is 95.8 Å². The predicted octanol–water partition coefficient (Wildman–Crippen LogP) is 4.26. The summed E-state index contributed by atoms with van der Waals surface area (Å²) in [6, 6.07) is 0. The van der Waals surface area contributed by atoms with Crippen LogP contribution in [0, 0.1) is 5.92 Å². The Morgan fingerprint density at radius 1 is 0.733 bits per heavy atom. The fourth-order valence-corrected chi connectivity index (χ4v) is 2.77. The largest absolute Gasteiger partial charge is 0.330 e. The Morgan fingerprint density at radius 2 is 1.20 bits per heavy atom. The normalized spacial score (nSPS) is 22.2. The highest BCUT2D eigenvalue weighted by Crippen LogP contribution is 2.24. The zero-order chi connectivity index (χ0) is 10.8. The molecule has 0 radical (unpaired) electrons. The molecule has 0 aromatic heterocycles. The molecule has 90 valence electrons. The molecule has 0 unspecified atom stereocenters. The maximum absolute atomic E-state index is 5.60. The number of hydrogen-bond acceptors (Lipinski definition) is 1. The summed E-state index contributed by atoms with van der Waals surface area (Å²) in [5.74, 6) is 0.992. The first-order chi connectivity index (χ1) is 7.43. The third-order valence-electron chi connectivity index (χ3n) is 3.79. The predicted molar refractivity (Wildman–Crippen MR) is 67.9 cm³/mol. The average Bonchev–Trinajstić information content (AvgIpc) is 2.31. The van der Waals surface area contributed by atoms with Crippen molar-refractivity contribution in [2.24, 2.45) is 11.7 Å². The van der Waals surface area contributed by atoms with Crippen LogP contribution in [0.5, 0.6) is 0 Å². The van der Waals surface area contributed by atoms with Gasteiger partial charge < -0.3 is 5.73 Å². The van der Waals surface area contributed by atoms with Crippen LogP contribution in [0.4, 0.5) is 0 Å². The van der Waals surface area contributed by atoms with Crippen LogP contribution in [0.25, 0.3) is 0 Å². The molecule has 1 rings (SSSR count). The quantitative estimate of drug-likeness (QED) is 0.742. The van der Waals surface area contributed by atoms with Crippen molar-refractivity contribution >= 4 is 0 Å². The van der Waals surface area contributed by atoms with E-state index in [1.807, 2.05) is 0 Å². The Kier molecular flexibility index (Phi) is 7.99. The standard InChI is InChI=1S/C14H29N/c15-13-9-12-14-10-7-5-3-1-2-4-6-8-11-14/h14H,1-13,15H2. The van der Waals surface area contributed by atoms with Crippen LogP contribution in [0.3, 0.4) is 0 Å². The molecule has 0 atom stereocenters. The van der Waals surface area contributed by atoms with Gasteiger partial charge in [-0.2, -0.15) is 0 Å². The molecular formula is C14H29N. The van der Waals surface area contributed by atoms with Gasteiger partial charge in [-0.25, -0.2) is 0 Å². The molecule has 0 saturated heterocycles. The van der Waals surface area contributed by atoms with E-state index in [0.29, 0.717) is 0 Å². The molecule has 1 aliphatic carbocycles. The Hall–Kier alpha value is -0.0400. The Morgan fingerprint density at radius 3 is 1.67 bits per heavy atom. The smallest absolute Gasteiger partial charge is 0.00772 e. The lowest BCUT2D eigenvalue weighted by molar-refractivity contribution is 0.382. The molecule has 0 aliphatic heterocycles. The lowest BCUT2D eigenvalue weighted by Gasteiger charge is -2.15. The van der Waals surface area contributed by atoms with Crippen LogP contribution < -0.4 is 5.73 Å². The van der Waals surface area contributed by atoms with E-state index in [-0.39, 0.29) is 0 Å². The summed E-state index contributed by atoms with van der Waals surface area (Å²) in [4.78, 5) is 0. The van der Waals surface area contributed by atoms with Crippen LogP contribution in [-0.2, 0) is 0 Å². The molecule has 2 N–H and O–H groups in total. The van der Waals surface area contributed by atoms with Crippen LogP contribution >= 0.6 is 0 Å². The maximum atomic E-state index is 5.60. The summed E-state index contributed by atoms with van der Waals surface area (Å²) in [5.41, 5.74) is 5.60. The number of nitrogens with two attached hydrogens (primary N) is 1. The zero-order valence-electron chi connectivity index (χ0n) is 10.3. The van der Waals surface area contributed by atoms with E-state index < -0.39 is 0 Å². The minimum atomic E-state index is 0.885. The molecule has 1 saturated carbocycles. The average molecular weight is 211 g/mol. The van der Waals surface area contributed by atoms with Crippen molar-refractivity contribution in [3.63, 3.8) is 0 Å². The third-order valence-corrected chi connectivity index (χ3v) is 3.79. The van der Waals surface area contributed by atoms with Crippen molar-refractivity contribution in [2.75, 3.05) is 6.54 Å². The molecule has 1 aliphatic rings. The molecule has 0 heterocycles. The van der Waals surface area contributed by atoms with Gasteiger partial charge in [0.15, 0.2) is 0 Å². The van der Waals surface area contributed by atoms with E-state index in [2.05, 4.69) is 0 Å². The molecule has 0 aromatic rings. The number of hydrogen-bond donors (Lipinski definition) is 1. The van der Waals surface area contributed by atoms with Gasteiger partial charge in [0.05, 0.1) is 0 Å². The van der Waals surface area contributed by atoms with Crippen molar-refractivity contribution < 1.29 is 0 Å². The van der Waals surface area contributed by atoms with Crippen molar-refractivity contribution in [2.45, 2.75) is 77.0 Å². The second-order valence-corrected chi connectivity index (χ2v) is 5.20. The van der Waals surface area contributed by atoms with Crippen LogP contribution in [0.2, 0.25) is 0 Å². The maximum Gasteiger partial charge on any atom is -0.00772 e. The molecule has 1 nitrogen and oxygen atoms in total. The molecule has 1 heteroatoms. The lowest BCUT2D eigenvalue weighted by atomic mass is 9.91. The van der Waals surface area contributed by atoms with Crippen LogP contribution in [-0.4, -0.2) is 6.54 Å². The minimum absolute atomic E-state index is 0.885. The third kappa shape index (κ3) is 6.94. The topological polar surface area (TPSA) is 26.0 Å². The van der Waals surface area contributed by atoms with E-state index in [0.717, 1.165) is 12.5 Å². The minimum Gasteiger partial charge on any atom is -0.330 e. The highest BCUT2D eigenvalue weighted by Gasteiger charge is 2.08. The lowest BCUT2D eigenvalue weighted by Crippen LogP contribution is -2.06. The summed E-state index contributed by atoms with van der Waals surface area (Å²) in [7, 11) is 0. The van der Waals surface area contributed by atoms with Crippen molar-refractivity contribution in [1.29, 1.82) is 0 Å². The van der Waals surface area contributed by atoms with E-state index in [1.54, 1.807) is 0 Å². The van der Waals surface area contributed by atoms with Gasteiger partial charge in [0.1, 0.15) is 0 Å². The van der Waals surface area contributed by atoms with Gasteiger partial charge in [-0.15, -0.1) is 0 Å². The summed E-state index contributed by atoms with van der Waals surface area (Å²) >= 11 is 0. The van der Waals surface area contributed by atoms with Gasteiger partial charge in [0.25, 0.3) is 0 Å². The molecule has 0 bridgehead atoms. The second kappa shape index (κ2) is 9.21. The van der Waals surface area contributed by atoms with Crippen molar-refractivity contribution in [3.8, 4) is 0 Å². The zero-order valence-corrected chi connectivity index (χ0v) is 10.3. The Balaban J connectivity index is 2.19. The van der Waals surface area contributed by atoms with Crippen molar-refractivity contribution in [1.82, 2.24) is 0 Å². The fraction of sp³-hybridized carbons (Fsp3) is 1.00. The van der Waals surface area contributed by atoms with Gasteiger partial charge in [-0.05, 0) is 25.3 Å². The first-order valence-corrected chi connectivity index (χ1v) is 7.13. The Bertz CT molecular complexity index is 121. The molecule has 15 heavy (non-hydrogen) atoms. The molecule has 0 amide bonds. The number of rotatable bonds is 3. The van der Waals surface area contributed by atoms with E-state index in [1.165, 1.54) is 77.0 Å². The van der Waals surface area contributed by atoms with E-state index in [4.69, 9.17) is 5.73 Å². The van der Waals surface area contributed by atoms with Gasteiger partial charge >= 0.3 is 0 Å². The SMILES string of the molecule is NCCCC1CCCCCCCCCC1. The summed E-state index contributed by atoms with van der Waals surface area (Å²) < 4.78 is 0. The molecule has 1 fully saturated rings. The van der Waals surface area contributed by atoms with Gasteiger partial charge in [-0.3, -0.25) is 0 Å². The van der Waals surface area contributed by atoms with Crippen LogP contribution in [0.1, 0.15) is 77.0 Å². The monoisotopic (exact) mass is 211 g/mol. The fourth-order valence-electron chi connectivity index (χ4n) is 2.77. The molecular weight excluding hydrogens is 182 g/mol. The summed E-state index contributed by atoms with van der Waals surface area (Å²) in [6.45, 7) is 0.885. The van der Waals surface area contributed by atoms with Crippen LogP contribution in [0.15, 0.2) is 0 Å². The van der Waals surface area contributed by atoms with Gasteiger partial charge in [0.2, 0.25) is 0 Å². The van der Waals surface area contributed by atoms with E-state index >= 15 is 0 Å².